The van der Waals surface area contributed by atoms with Gasteiger partial charge in [0.2, 0.25) is 0 Å². The molecule has 0 radical (unpaired) electrons. The lowest BCUT2D eigenvalue weighted by molar-refractivity contribution is -0.385. The molecule has 0 spiro atoms. The van der Waals surface area contributed by atoms with Gasteiger partial charge in [0.1, 0.15) is 5.78 Å². The van der Waals surface area contributed by atoms with Gasteiger partial charge in [0.25, 0.3) is 5.69 Å². The summed E-state index contributed by atoms with van der Waals surface area (Å²) in [5.41, 5.74) is -0.667. The van der Waals surface area contributed by atoms with Crippen LogP contribution in [0, 0.1) is 16.0 Å². The Morgan fingerprint density at radius 2 is 1.82 bits per heavy atom. The van der Waals surface area contributed by atoms with E-state index in [1.54, 1.807) is 36.7 Å². The third-order valence-corrected chi connectivity index (χ3v) is 7.14. The van der Waals surface area contributed by atoms with Crippen LogP contribution in [0.3, 0.4) is 0 Å². The highest BCUT2D eigenvalue weighted by Gasteiger charge is 2.38. The van der Waals surface area contributed by atoms with Crippen molar-refractivity contribution >= 4 is 42.6 Å². The highest BCUT2D eigenvalue weighted by atomic mass is 35.5. The average molecular weight is 450 g/mol. The standard InChI is InChI=1S/C19H28Cl2N2O4P/c1-4-15(14-28(27)22(11-9-20)12-10-21)13-18(24)19(2,3)16-7-5-6-8-17(16)23(25)26/h5-8,15H,4,9-14H2,1-3H3/q+1. The minimum Gasteiger partial charge on any atom is -0.299 e. The maximum absolute atomic E-state index is 13.0. The van der Waals surface area contributed by atoms with Crippen molar-refractivity contribution < 1.29 is 14.3 Å². The summed E-state index contributed by atoms with van der Waals surface area (Å²) in [6.07, 6.45) is 1.28. The summed E-state index contributed by atoms with van der Waals surface area (Å²) in [5.74, 6) is 0.543. The molecule has 156 valence electrons. The predicted octanol–water partition coefficient (Wildman–Crippen LogP) is 5.38. The predicted molar refractivity (Wildman–Crippen MR) is 115 cm³/mol. The van der Waals surface area contributed by atoms with Gasteiger partial charge in [0.05, 0.1) is 23.4 Å². The minimum absolute atomic E-state index is 0.0598. The molecule has 0 aliphatic rings. The Morgan fingerprint density at radius 3 is 2.32 bits per heavy atom. The van der Waals surface area contributed by atoms with E-state index in [0.717, 1.165) is 0 Å². The number of benzene rings is 1. The Hall–Kier alpha value is -1.07. The van der Waals surface area contributed by atoms with E-state index in [-0.39, 0.29) is 23.8 Å². The van der Waals surface area contributed by atoms with Crippen LogP contribution < -0.4 is 0 Å². The van der Waals surface area contributed by atoms with Crippen LogP contribution in [0.1, 0.15) is 39.2 Å². The number of rotatable bonds is 13. The van der Waals surface area contributed by atoms with Crippen LogP contribution >= 0.6 is 31.2 Å². The number of nitrogens with zero attached hydrogens (tertiary/aromatic N) is 2. The Bertz CT molecular complexity index is 694. The van der Waals surface area contributed by atoms with E-state index in [1.165, 1.54) is 6.07 Å². The Morgan fingerprint density at radius 1 is 1.25 bits per heavy atom. The number of hydrogen-bond donors (Lipinski definition) is 0. The molecule has 1 aromatic rings. The number of carbonyl (C=O) groups is 1. The molecule has 0 heterocycles. The molecule has 0 N–H and O–H groups in total. The van der Waals surface area contributed by atoms with Crippen molar-refractivity contribution in [3.05, 3.63) is 39.9 Å². The summed E-state index contributed by atoms with van der Waals surface area (Å²) in [6, 6.07) is 6.32. The maximum Gasteiger partial charge on any atom is 0.435 e. The van der Waals surface area contributed by atoms with Gasteiger partial charge in [-0.05, 0) is 20.3 Å². The van der Waals surface area contributed by atoms with Gasteiger partial charge in [0.15, 0.2) is 6.16 Å². The van der Waals surface area contributed by atoms with E-state index < -0.39 is 18.3 Å². The van der Waals surface area contributed by atoms with Crippen molar-refractivity contribution in [2.75, 3.05) is 31.0 Å². The number of ketones is 1. The van der Waals surface area contributed by atoms with E-state index in [9.17, 15) is 19.5 Å². The molecular weight excluding hydrogens is 422 g/mol. The summed E-state index contributed by atoms with van der Waals surface area (Å²) in [4.78, 5) is 23.9. The maximum atomic E-state index is 13.0. The van der Waals surface area contributed by atoms with Crippen molar-refractivity contribution in [1.29, 1.82) is 0 Å². The van der Waals surface area contributed by atoms with E-state index in [0.29, 0.717) is 43.0 Å². The summed E-state index contributed by atoms with van der Waals surface area (Å²) in [6.45, 7) is 6.33. The first-order valence-corrected chi connectivity index (χ1v) is 11.7. The van der Waals surface area contributed by atoms with Gasteiger partial charge < -0.3 is 0 Å². The Kier molecular flexibility index (Phi) is 10.5. The van der Waals surface area contributed by atoms with E-state index >= 15 is 0 Å². The number of hydrogen-bond acceptors (Lipinski definition) is 4. The fraction of sp³-hybridized carbons (Fsp3) is 0.632. The molecule has 0 aromatic heterocycles. The lowest BCUT2D eigenvalue weighted by Crippen LogP contribution is -2.32. The number of Topliss-reactive ketones (excluding diaryl/α,β-unsaturated/α-hetero) is 1. The van der Waals surface area contributed by atoms with Crippen LogP contribution in [0.5, 0.6) is 0 Å². The number of para-hydroxylation sites is 1. The average Bonchev–Trinajstić information content (AvgIpc) is 2.66. The Labute approximate surface area is 177 Å². The molecule has 0 saturated carbocycles. The van der Waals surface area contributed by atoms with Gasteiger partial charge in [-0.25, -0.2) is 0 Å². The SMILES string of the molecule is CCC(CC(=O)C(C)(C)c1ccccc1[N+](=O)[O-])C[P+](=O)N(CCCl)CCCl. The summed E-state index contributed by atoms with van der Waals surface area (Å²) in [7, 11) is -1.68. The summed E-state index contributed by atoms with van der Waals surface area (Å²) in [5, 5.41) is 11.3. The fourth-order valence-corrected chi connectivity index (χ4v) is 5.38. The van der Waals surface area contributed by atoms with Crippen molar-refractivity contribution in [2.24, 2.45) is 5.92 Å². The van der Waals surface area contributed by atoms with Gasteiger partial charge >= 0.3 is 7.95 Å². The summed E-state index contributed by atoms with van der Waals surface area (Å²) < 4.78 is 14.5. The van der Waals surface area contributed by atoms with Gasteiger partial charge in [-0.1, -0.05) is 34.4 Å². The van der Waals surface area contributed by atoms with E-state index in [2.05, 4.69) is 0 Å². The quantitative estimate of drug-likeness (QED) is 0.175. The molecule has 1 aromatic carbocycles. The molecule has 28 heavy (non-hydrogen) atoms. The van der Waals surface area contributed by atoms with Crippen molar-refractivity contribution in [3.63, 3.8) is 0 Å². The van der Waals surface area contributed by atoms with Gasteiger partial charge in [0, 0.05) is 35.7 Å². The zero-order chi connectivity index (χ0) is 21.3. The molecule has 2 atom stereocenters. The van der Waals surface area contributed by atoms with Crippen LogP contribution in [0.4, 0.5) is 5.69 Å². The first-order valence-electron chi connectivity index (χ1n) is 9.27. The minimum atomic E-state index is -1.68. The number of carbonyl (C=O) groups excluding carboxylic acids is 1. The second kappa shape index (κ2) is 11.8. The lowest BCUT2D eigenvalue weighted by atomic mass is 9.76. The molecule has 0 saturated heterocycles. The van der Waals surface area contributed by atoms with Crippen LogP contribution in [0.15, 0.2) is 24.3 Å². The first kappa shape index (κ1) is 25.0. The topological polar surface area (TPSA) is 80.5 Å². The highest BCUT2D eigenvalue weighted by Crippen LogP contribution is 2.36. The largest absolute Gasteiger partial charge is 0.435 e. The third kappa shape index (κ3) is 6.77. The van der Waals surface area contributed by atoms with Crippen molar-refractivity contribution in [2.45, 2.75) is 39.0 Å². The number of nitro groups is 1. The lowest BCUT2D eigenvalue weighted by Gasteiger charge is -2.25. The summed E-state index contributed by atoms with van der Waals surface area (Å²) >= 11 is 11.6. The molecule has 2 unspecified atom stereocenters. The van der Waals surface area contributed by atoms with Crippen molar-refractivity contribution in [3.8, 4) is 0 Å². The molecule has 6 nitrogen and oxygen atoms in total. The molecular formula is C19H28Cl2N2O4P+. The van der Waals surface area contributed by atoms with E-state index in [4.69, 9.17) is 23.2 Å². The zero-order valence-electron chi connectivity index (χ0n) is 16.6. The van der Waals surface area contributed by atoms with Gasteiger partial charge in [-0.2, -0.15) is 0 Å². The molecule has 0 fully saturated rings. The highest BCUT2D eigenvalue weighted by molar-refractivity contribution is 7.42. The smallest absolute Gasteiger partial charge is 0.299 e. The fourth-order valence-electron chi connectivity index (χ4n) is 3.03. The van der Waals surface area contributed by atoms with Gasteiger partial charge in [-0.15, -0.1) is 23.2 Å². The van der Waals surface area contributed by atoms with Crippen LogP contribution in [-0.4, -0.2) is 46.4 Å². The second-order valence-corrected chi connectivity index (χ2v) is 9.56. The zero-order valence-corrected chi connectivity index (χ0v) is 19.0. The van der Waals surface area contributed by atoms with E-state index in [1.807, 2.05) is 6.92 Å². The normalized spacial score (nSPS) is 13.4. The van der Waals surface area contributed by atoms with Crippen molar-refractivity contribution in [1.82, 2.24) is 4.67 Å². The molecule has 9 heteroatoms. The number of halogens is 2. The number of alkyl halides is 2. The second-order valence-electron chi connectivity index (χ2n) is 7.17. The van der Waals surface area contributed by atoms with Crippen LogP contribution in [0.2, 0.25) is 0 Å². The first-order chi connectivity index (χ1) is 13.2. The molecule has 0 amide bonds. The molecule has 0 aliphatic carbocycles. The number of nitro benzene ring substituents is 1. The van der Waals surface area contributed by atoms with Crippen LogP contribution in [0.25, 0.3) is 0 Å². The Balaban J connectivity index is 2.93. The monoisotopic (exact) mass is 449 g/mol. The molecule has 0 aliphatic heterocycles. The third-order valence-electron chi connectivity index (χ3n) is 4.94. The molecule has 0 bridgehead atoms. The van der Waals surface area contributed by atoms with Gasteiger partial charge in [-0.3, -0.25) is 14.9 Å². The molecule has 1 rings (SSSR count). The van der Waals surface area contributed by atoms with Crippen LogP contribution in [-0.2, 0) is 14.8 Å².